The summed E-state index contributed by atoms with van der Waals surface area (Å²) < 4.78 is 7.00. The van der Waals surface area contributed by atoms with Gasteiger partial charge in [-0.3, -0.25) is 0 Å². The summed E-state index contributed by atoms with van der Waals surface area (Å²) in [4.78, 5) is 85.6. The molecule has 392 valence electrons. The van der Waals surface area contributed by atoms with Crippen LogP contribution in [0, 0.1) is 55.4 Å². The molecule has 0 saturated carbocycles. The van der Waals surface area contributed by atoms with Gasteiger partial charge >= 0.3 is 0 Å². The van der Waals surface area contributed by atoms with Gasteiger partial charge in [0, 0.05) is 86.1 Å². The number of rotatable bonds is 10. The van der Waals surface area contributed by atoms with E-state index in [0.717, 1.165) is 71.7 Å². The minimum absolute atomic E-state index is 0. The minimum atomic E-state index is -2.19. The molecule has 0 aromatic carbocycles. The van der Waals surface area contributed by atoms with E-state index in [0.29, 0.717) is 35.7 Å². The zero-order valence-corrected chi connectivity index (χ0v) is 43.9. The third-order valence-electron chi connectivity index (χ3n) is 8.59. The maximum Gasteiger partial charge on any atom is 0.257 e. The van der Waals surface area contributed by atoms with E-state index < -0.39 is 35.8 Å². The van der Waals surface area contributed by atoms with E-state index in [1.54, 1.807) is 18.7 Å². The monoisotopic (exact) mass is 1080 g/mol. The van der Waals surface area contributed by atoms with Crippen LogP contribution in [0.4, 0.5) is 11.9 Å². The number of aromatic nitrogens is 14. The molecule has 0 aliphatic rings. The molecule has 0 bridgehead atoms. The number of carboxylic acid groups (broad SMARTS) is 6. The summed E-state index contributed by atoms with van der Waals surface area (Å²) in [6.45, 7) is 27.4. The molecule has 0 fully saturated rings. The molecule has 6 heterocycles. The van der Waals surface area contributed by atoms with Gasteiger partial charge in [0.1, 0.15) is 0 Å². The Balaban J connectivity index is -0.000000950. The van der Waals surface area contributed by atoms with Gasteiger partial charge in [-0.05, 0) is 107 Å². The second-order valence-corrected chi connectivity index (χ2v) is 13.9. The van der Waals surface area contributed by atoms with Crippen LogP contribution in [0.1, 0.15) is 73.2 Å². The third-order valence-corrected chi connectivity index (χ3v) is 8.59. The molecular formula is C40H52N16O14V2-6. The maximum atomic E-state index is 8.93. The smallest absolute Gasteiger partial charge is 0.257 e. The van der Waals surface area contributed by atoms with Crippen molar-refractivity contribution in [2.75, 3.05) is 36.0 Å². The van der Waals surface area contributed by atoms with Gasteiger partial charge in [0.2, 0.25) is 11.9 Å². The molecular weight excluding hydrogens is 1030 g/mol. The van der Waals surface area contributed by atoms with Crippen LogP contribution in [0.5, 0.6) is 0 Å². The minimum Gasteiger partial charge on any atom is -0.543 e. The number of hydrogen-bond acceptors (Lipinski definition) is 24. The fourth-order valence-electron chi connectivity index (χ4n) is 5.69. The Bertz CT molecular complexity index is 2380. The summed E-state index contributed by atoms with van der Waals surface area (Å²) in [6.07, 6.45) is 0. The number of nitrogens with zero attached hydrogens (tertiary/aromatic N) is 16. The summed E-state index contributed by atoms with van der Waals surface area (Å²) >= 11 is 0. The Morgan fingerprint density at radius 3 is 0.653 bits per heavy atom. The standard InChI is InChI=1S/2C17H24N8.3C2H2O4.2H2O.2V/c2*1-7-23(8-2)15-18-16(24-13(5)9-11(3)21-24)20-17(19-15)25-14(6)10-12(4)22-25;3*3-1(4)2(5)6;;;;/h2*9-10H,7-8H2,1-6H3;3*(H,3,4)(H,5,6);2*1H2;;/p-6. The summed E-state index contributed by atoms with van der Waals surface area (Å²) in [5, 5.41) is 71.6. The average molecular weight is 1080 g/mol. The quantitative estimate of drug-likeness (QED) is 0.115. The molecule has 2 radical (unpaired) electrons. The van der Waals surface area contributed by atoms with E-state index in [2.05, 4.69) is 87.8 Å². The normalized spacial score (nSPS) is 9.56. The summed E-state index contributed by atoms with van der Waals surface area (Å²) in [6, 6.07) is 8.02. The molecule has 0 spiro atoms. The van der Waals surface area contributed by atoms with Gasteiger partial charge in [-0.2, -0.15) is 50.3 Å². The molecule has 4 N–H and O–H groups in total. The predicted octanol–water partition coefficient (Wildman–Crippen LogP) is -7.55. The zero-order valence-electron chi connectivity index (χ0n) is 41.1. The number of carbonyl (C=O) groups is 6. The van der Waals surface area contributed by atoms with Crippen molar-refractivity contribution in [2.24, 2.45) is 0 Å². The van der Waals surface area contributed by atoms with Gasteiger partial charge in [-0.1, -0.05) is 0 Å². The molecule has 6 aromatic heterocycles. The first-order chi connectivity index (χ1) is 31.8. The number of anilines is 2. The van der Waals surface area contributed by atoms with Crippen molar-refractivity contribution < 1.29 is 107 Å². The molecule has 0 aliphatic carbocycles. The van der Waals surface area contributed by atoms with E-state index >= 15 is 0 Å². The van der Waals surface area contributed by atoms with Crippen molar-refractivity contribution in [3.8, 4) is 23.8 Å². The summed E-state index contributed by atoms with van der Waals surface area (Å²) in [5.74, 6) is -9.83. The van der Waals surface area contributed by atoms with Crippen LogP contribution >= 0.6 is 0 Å². The number of carboxylic acids is 6. The Hall–Kier alpha value is -7.63. The number of hydrogen-bond donors (Lipinski definition) is 0. The van der Waals surface area contributed by atoms with Crippen molar-refractivity contribution in [1.82, 2.24) is 69.0 Å². The molecule has 30 nitrogen and oxygen atoms in total. The van der Waals surface area contributed by atoms with Crippen LogP contribution in [0.2, 0.25) is 0 Å². The van der Waals surface area contributed by atoms with E-state index in [-0.39, 0.29) is 48.1 Å². The number of aryl methyl sites for hydroxylation is 8. The van der Waals surface area contributed by atoms with Crippen LogP contribution in [-0.4, -0.2) is 142 Å². The van der Waals surface area contributed by atoms with E-state index in [9.17, 15) is 0 Å². The van der Waals surface area contributed by atoms with Crippen molar-refractivity contribution in [2.45, 2.75) is 83.1 Å². The van der Waals surface area contributed by atoms with Crippen molar-refractivity contribution in [3.63, 3.8) is 0 Å². The summed E-state index contributed by atoms with van der Waals surface area (Å²) in [5.41, 5.74) is 7.62. The average Bonchev–Trinajstić information content (AvgIpc) is 4.01. The number of aliphatic carboxylic acids is 6. The van der Waals surface area contributed by atoms with Crippen LogP contribution in [0.15, 0.2) is 24.3 Å². The van der Waals surface area contributed by atoms with Crippen molar-refractivity contribution >= 4 is 47.7 Å². The largest absolute Gasteiger partial charge is 0.543 e. The molecule has 0 saturated heterocycles. The molecule has 0 amide bonds. The molecule has 0 atom stereocenters. The fraction of sp³-hybridized carbons (Fsp3) is 0.400. The van der Waals surface area contributed by atoms with E-state index in [1.807, 2.05) is 79.7 Å². The maximum absolute atomic E-state index is 8.93. The first-order valence-corrected chi connectivity index (χ1v) is 20.2. The Morgan fingerprint density at radius 1 is 0.375 bits per heavy atom. The topological polar surface area (TPSA) is 459 Å². The molecule has 6 aromatic rings. The zero-order chi connectivity index (χ0) is 51.7. The fourth-order valence-corrected chi connectivity index (χ4v) is 5.69. The van der Waals surface area contributed by atoms with Gasteiger partial charge in [0.05, 0.1) is 58.6 Å². The first-order valence-electron chi connectivity index (χ1n) is 20.2. The Kier molecular flexibility index (Phi) is 30.1. The van der Waals surface area contributed by atoms with Crippen molar-refractivity contribution in [3.05, 3.63) is 69.8 Å². The van der Waals surface area contributed by atoms with Crippen LogP contribution in [0.25, 0.3) is 23.8 Å². The molecule has 0 unspecified atom stereocenters. The van der Waals surface area contributed by atoms with E-state index in [1.165, 1.54) is 0 Å². The van der Waals surface area contributed by atoms with Gasteiger partial charge < -0.3 is 80.2 Å². The predicted molar refractivity (Wildman–Crippen MR) is 230 cm³/mol. The van der Waals surface area contributed by atoms with Crippen LogP contribution in [0.3, 0.4) is 0 Å². The van der Waals surface area contributed by atoms with E-state index in [4.69, 9.17) is 59.4 Å². The third kappa shape index (κ3) is 20.0. The molecule has 32 heteroatoms. The Morgan fingerprint density at radius 2 is 0.542 bits per heavy atom. The van der Waals surface area contributed by atoms with Crippen LogP contribution in [-0.2, 0) is 65.9 Å². The molecule has 0 aliphatic heterocycles. The van der Waals surface area contributed by atoms with Gasteiger partial charge in [-0.15, -0.1) is 0 Å². The van der Waals surface area contributed by atoms with Crippen molar-refractivity contribution in [1.29, 1.82) is 0 Å². The van der Waals surface area contributed by atoms with Gasteiger partial charge in [0.15, 0.2) is 0 Å². The second-order valence-electron chi connectivity index (χ2n) is 13.9. The number of carbonyl (C=O) groups excluding carboxylic acids is 6. The molecule has 72 heavy (non-hydrogen) atoms. The summed E-state index contributed by atoms with van der Waals surface area (Å²) in [7, 11) is 0. The first kappa shape index (κ1) is 68.6. The van der Waals surface area contributed by atoms with Gasteiger partial charge in [-0.25, -0.2) is 18.7 Å². The molecule has 6 rings (SSSR count). The second kappa shape index (κ2) is 31.6. The van der Waals surface area contributed by atoms with Crippen LogP contribution < -0.4 is 40.4 Å². The SMILES string of the molecule is CCN(CC)c1nc(-n2nc(C)cc2C)nc(-n2nc(C)cc2C)n1.CCN(CC)c1nc(-n2nc(C)cc2C)nc(-n2nc(C)cc2C)n1.O.O.O=C([O-])C(=O)[O-].O=C([O-])C(=O)[O-].O=C([O-])C(=O)[O-].[V].[V]. The van der Waals surface area contributed by atoms with Gasteiger partial charge in [0.25, 0.3) is 23.8 Å². The Labute approximate surface area is 435 Å².